The average Bonchev–Trinajstić information content (AvgIpc) is 2.95. The molecule has 7 nitrogen and oxygen atoms in total. The molecule has 0 aliphatic carbocycles. The van der Waals surface area contributed by atoms with Crippen LogP contribution in [0.1, 0.15) is 0 Å². The van der Waals surface area contributed by atoms with Gasteiger partial charge in [-0.25, -0.2) is 9.97 Å². The average molecular weight is 488 g/mol. The van der Waals surface area contributed by atoms with E-state index in [1.165, 1.54) is 0 Å². The van der Waals surface area contributed by atoms with Crippen molar-refractivity contribution in [2.75, 3.05) is 0 Å². The molecule has 37 heavy (non-hydrogen) atoms. The monoisotopic (exact) mass is 488 g/mol. The van der Waals surface area contributed by atoms with E-state index in [0.717, 1.165) is 21.8 Å². The van der Waals surface area contributed by atoms with Crippen LogP contribution in [0, 0.1) is 0 Å². The molecule has 6 aromatic rings. The van der Waals surface area contributed by atoms with Crippen LogP contribution >= 0.6 is 0 Å². The van der Waals surface area contributed by atoms with Gasteiger partial charge in [0.25, 0.3) is 0 Å². The van der Waals surface area contributed by atoms with Gasteiger partial charge in [-0.2, -0.15) is 0 Å². The Hall–Kier alpha value is -5.14. The molecule has 0 fully saturated rings. The van der Waals surface area contributed by atoms with E-state index in [1.807, 2.05) is 72.8 Å². The van der Waals surface area contributed by atoms with Crippen LogP contribution in [0.25, 0.3) is 21.8 Å². The summed E-state index contributed by atoms with van der Waals surface area (Å²) in [5.74, 6) is 2.31. The second kappa shape index (κ2) is 10.2. The van der Waals surface area contributed by atoms with Crippen LogP contribution in [0.2, 0.25) is 0 Å². The molecule has 0 saturated carbocycles. The smallest absolute Gasteiger partial charge is 0.220 e. The lowest BCUT2D eigenvalue weighted by atomic mass is 10.2. The minimum Gasteiger partial charge on any atom is -0.435 e. The Bertz CT molecular complexity index is 1560. The maximum Gasteiger partial charge on any atom is 0.220 e. The molecule has 0 unspecified atom stereocenters. The predicted octanol–water partition coefficient (Wildman–Crippen LogP) is 7.67. The van der Waals surface area contributed by atoms with Gasteiger partial charge in [0.15, 0.2) is 11.5 Å². The topological polar surface area (TPSA) is 71.9 Å². The lowest BCUT2D eigenvalue weighted by molar-refractivity contribution is -0.411. The molecular weight excluding hydrogens is 468 g/mol. The van der Waals surface area contributed by atoms with E-state index < -0.39 is 0 Å². The SMILES string of the molecule is c1ccc(Oc2ccc3ccccc3n2)c(OOOc2ccccc2Oc2ccc3ccccc3n2)c1. The number of para-hydroxylation sites is 6. The van der Waals surface area contributed by atoms with Crippen LogP contribution in [0.3, 0.4) is 0 Å². The Labute approximate surface area is 212 Å². The van der Waals surface area contributed by atoms with Gasteiger partial charge in [0, 0.05) is 27.9 Å². The second-order valence-electron chi connectivity index (χ2n) is 8.02. The molecule has 0 aliphatic rings. The van der Waals surface area contributed by atoms with E-state index in [-0.39, 0.29) is 0 Å². The fourth-order valence-electron chi connectivity index (χ4n) is 3.73. The number of hydrogen-bond acceptors (Lipinski definition) is 7. The lowest BCUT2D eigenvalue weighted by Gasteiger charge is -2.12. The number of pyridine rings is 2. The van der Waals surface area contributed by atoms with Crippen molar-refractivity contribution in [3.8, 4) is 34.8 Å². The molecule has 0 spiro atoms. The molecule has 0 bridgehead atoms. The van der Waals surface area contributed by atoms with E-state index in [2.05, 4.69) is 9.97 Å². The first-order valence-corrected chi connectivity index (χ1v) is 11.6. The minimum atomic E-state index is 0.312. The van der Waals surface area contributed by atoms with Gasteiger partial charge in [-0.3, -0.25) is 9.78 Å². The fraction of sp³-hybridized carbons (Fsp3) is 0. The molecule has 2 aromatic heterocycles. The van der Waals surface area contributed by atoms with Crippen molar-refractivity contribution in [2.24, 2.45) is 0 Å². The van der Waals surface area contributed by atoms with Gasteiger partial charge in [-0.05, 0) is 48.5 Å². The highest BCUT2D eigenvalue weighted by atomic mass is 17.5. The number of hydrogen-bond donors (Lipinski definition) is 0. The maximum absolute atomic E-state index is 5.95. The minimum absolute atomic E-state index is 0.312. The second-order valence-corrected chi connectivity index (χ2v) is 8.02. The maximum atomic E-state index is 5.95. The molecular formula is C30H20N2O5. The highest BCUT2D eigenvalue weighted by Gasteiger charge is 2.12. The van der Waals surface area contributed by atoms with E-state index in [9.17, 15) is 0 Å². The van der Waals surface area contributed by atoms with Gasteiger partial charge >= 0.3 is 0 Å². The highest BCUT2D eigenvalue weighted by Crippen LogP contribution is 2.34. The standard InChI is InChI=1S/C30H20N2O5/c1-3-11-23-21(9-1)17-19-29(31-23)33-25-13-5-7-15-27(25)35-37-36-28-16-8-6-14-26(28)34-30-20-18-22-10-2-4-12-24(22)32-30/h1-20H. The van der Waals surface area contributed by atoms with E-state index in [1.54, 1.807) is 48.5 Å². The summed E-state index contributed by atoms with van der Waals surface area (Å²) in [5, 5.41) is 7.15. The summed E-state index contributed by atoms with van der Waals surface area (Å²) >= 11 is 0. The predicted molar refractivity (Wildman–Crippen MR) is 139 cm³/mol. The van der Waals surface area contributed by atoms with Gasteiger partial charge in [0.1, 0.15) is 0 Å². The molecule has 7 heteroatoms. The van der Waals surface area contributed by atoms with Crippen molar-refractivity contribution in [1.29, 1.82) is 0 Å². The van der Waals surface area contributed by atoms with Crippen molar-refractivity contribution >= 4 is 21.8 Å². The Morgan fingerprint density at radius 3 is 1.27 bits per heavy atom. The van der Waals surface area contributed by atoms with Gasteiger partial charge in [-0.1, -0.05) is 60.7 Å². The number of fused-ring (bicyclic) bond motifs is 2. The van der Waals surface area contributed by atoms with E-state index in [0.29, 0.717) is 34.8 Å². The first-order chi connectivity index (χ1) is 18.3. The third-order valence-corrected chi connectivity index (χ3v) is 5.52. The van der Waals surface area contributed by atoms with Crippen molar-refractivity contribution in [3.63, 3.8) is 0 Å². The zero-order chi connectivity index (χ0) is 24.9. The van der Waals surface area contributed by atoms with Gasteiger partial charge < -0.3 is 9.47 Å². The summed E-state index contributed by atoms with van der Waals surface area (Å²) in [6.45, 7) is 0. The number of nitrogens with zero attached hydrogens (tertiary/aromatic N) is 2. The largest absolute Gasteiger partial charge is 0.435 e. The molecule has 0 N–H and O–H groups in total. The normalized spacial score (nSPS) is 10.8. The summed E-state index contributed by atoms with van der Waals surface area (Å²) in [6.07, 6.45) is 0. The summed E-state index contributed by atoms with van der Waals surface area (Å²) in [4.78, 5) is 19.9. The molecule has 180 valence electrons. The summed E-state index contributed by atoms with van der Waals surface area (Å²) in [5.41, 5.74) is 1.66. The fourth-order valence-corrected chi connectivity index (χ4v) is 3.73. The highest BCUT2D eigenvalue weighted by molar-refractivity contribution is 5.79. The molecule has 0 radical (unpaired) electrons. The number of aromatic nitrogens is 2. The Balaban J connectivity index is 1.14. The van der Waals surface area contributed by atoms with Crippen LogP contribution in [-0.4, -0.2) is 9.97 Å². The van der Waals surface area contributed by atoms with Crippen LogP contribution in [-0.2, 0) is 5.04 Å². The number of ether oxygens (including phenoxy) is 2. The van der Waals surface area contributed by atoms with Gasteiger partial charge in [0.05, 0.1) is 11.0 Å². The van der Waals surface area contributed by atoms with Crippen LogP contribution in [0.15, 0.2) is 121 Å². The zero-order valence-corrected chi connectivity index (χ0v) is 19.5. The first kappa shape index (κ1) is 22.3. The Morgan fingerprint density at radius 2 is 0.784 bits per heavy atom. The molecule has 6 rings (SSSR count). The third kappa shape index (κ3) is 5.12. The molecule has 0 saturated heterocycles. The Morgan fingerprint density at radius 1 is 0.378 bits per heavy atom. The number of rotatable bonds is 8. The summed E-state index contributed by atoms with van der Waals surface area (Å²) < 4.78 is 11.9. The van der Waals surface area contributed by atoms with Crippen LogP contribution in [0.5, 0.6) is 34.8 Å². The van der Waals surface area contributed by atoms with E-state index >= 15 is 0 Å². The van der Waals surface area contributed by atoms with Crippen LogP contribution < -0.4 is 19.2 Å². The van der Waals surface area contributed by atoms with Gasteiger partial charge in [-0.15, -0.1) is 0 Å². The molecule has 4 aromatic carbocycles. The first-order valence-electron chi connectivity index (χ1n) is 11.6. The molecule has 0 amide bonds. The van der Waals surface area contributed by atoms with Crippen molar-refractivity contribution in [1.82, 2.24) is 9.97 Å². The van der Waals surface area contributed by atoms with Gasteiger partial charge in [0.2, 0.25) is 23.3 Å². The molecule has 0 atom stereocenters. The van der Waals surface area contributed by atoms with Crippen LogP contribution in [0.4, 0.5) is 0 Å². The third-order valence-electron chi connectivity index (χ3n) is 5.52. The summed E-state index contributed by atoms with van der Waals surface area (Å²) in [6, 6.07) is 37.2. The van der Waals surface area contributed by atoms with Crippen molar-refractivity contribution < 1.29 is 24.3 Å². The van der Waals surface area contributed by atoms with Crippen molar-refractivity contribution in [2.45, 2.75) is 0 Å². The van der Waals surface area contributed by atoms with E-state index in [4.69, 9.17) is 24.3 Å². The lowest BCUT2D eigenvalue weighted by Crippen LogP contribution is -2.04. The van der Waals surface area contributed by atoms with Crippen molar-refractivity contribution in [3.05, 3.63) is 121 Å². The quantitative estimate of drug-likeness (QED) is 0.161. The number of benzene rings is 4. The zero-order valence-electron chi connectivity index (χ0n) is 19.5. The summed E-state index contributed by atoms with van der Waals surface area (Å²) in [7, 11) is 0. The molecule has 2 heterocycles. The Kier molecular flexibility index (Phi) is 6.17. The molecule has 0 aliphatic heterocycles.